The number of carbonyl (C=O) groups excluding carboxylic acids is 1. The van der Waals surface area contributed by atoms with E-state index in [1.807, 2.05) is 24.3 Å². The topological polar surface area (TPSA) is 77.0 Å². The molecule has 0 bridgehead atoms. The van der Waals surface area contributed by atoms with Crippen molar-refractivity contribution in [2.45, 2.75) is 36.5 Å². The molecule has 1 aliphatic heterocycles. The lowest BCUT2D eigenvalue weighted by Gasteiger charge is -2.30. The van der Waals surface area contributed by atoms with Crippen molar-refractivity contribution < 1.29 is 18.0 Å². The first-order valence-electron chi connectivity index (χ1n) is 7.57. The molecule has 2 N–H and O–H groups in total. The van der Waals surface area contributed by atoms with Gasteiger partial charge in [0.15, 0.2) is 0 Å². The van der Waals surface area contributed by atoms with Crippen LogP contribution in [0.1, 0.15) is 23.9 Å². The molecule has 10 heteroatoms. The molecule has 0 spiro atoms. The van der Waals surface area contributed by atoms with Gasteiger partial charge in [-0.25, -0.2) is 4.68 Å². The molecule has 25 heavy (non-hydrogen) atoms. The number of thioether (sulfide) groups is 1. The standard InChI is InChI=1S/C15H16F3N5OS/c1-9(25-14-21-20-13(23(14)19)15(16,17)18)12(24)22-7-6-10-4-2-3-5-11(10)8-22/h2-5,9H,6-8,19H2,1H3. The molecule has 1 atom stereocenters. The number of hydrogen-bond donors (Lipinski definition) is 1. The van der Waals surface area contributed by atoms with Gasteiger partial charge in [-0.15, -0.1) is 10.2 Å². The van der Waals surface area contributed by atoms with Crippen LogP contribution in [0.25, 0.3) is 0 Å². The second kappa shape index (κ2) is 6.58. The van der Waals surface area contributed by atoms with E-state index in [0.29, 0.717) is 17.8 Å². The van der Waals surface area contributed by atoms with Gasteiger partial charge in [0.25, 0.3) is 5.82 Å². The zero-order valence-electron chi connectivity index (χ0n) is 13.3. The molecule has 1 aromatic carbocycles. The third-order valence-corrected chi connectivity index (χ3v) is 5.03. The van der Waals surface area contributed by atoms with Gasteiger partial charge in [-0.1, -0.05) is 36.0 Å². The maximum absolute atomic E-state index is 12.7. The minimum absolute atomic E-state index is 0.148. The van der Waals surface area contributed by atoms with Crippen molar-refractivity contribution in [2.24, 2.45) is 0 Å². The molecular weight excluding hydrogens is 355 g/mol. The number of benzene rings is 1. The number of carbonyl (C=O) groups is 1. The fourth-order valence-corrected chi connectivity index (χ4v) is 3.55. The zero-order chi connectivity index (χ0) is 18.2. The van der Waals surface area contributed by atoms with Crippen LogP contribution in [0.5, 0.6) is 0 Å². The highest BCUT2D eigenvalue weighted by molar-refractivity contribution is 8.00. The summed E-state index contributed by atoms with van der Waals surface area (Å²) in [5.41, 5.74) is 2.30. The van der Waals surface area contributed by atoms with E-state index in [4.69, 9.17) is 5.84 Å². The van der Waals surface area contributed by atoms with Gasteiger partial charge in [0.05, 0.1) is 5.25 Å². The first kappa shape index (κ1) is 17.6. The molecular formula is C15H16F3N5OS. The largest absolute Gasteiger partial charge is 0.453 e. The fraction of sp³-hybridized carbons (Fsp3) is 0.400. The van der Waals surface area contributed by atoms with Crippen LogP contribution in [0.15, 0.2) is 29.4 Å². The number of fused-ring (bicyclic) bond motifs is 1. The van der Waals surface area contributed by atoms with Crippen molar-refractivity contribution in [3.63, 3.8) is 0 Å². The quantitative estimate of drug-likeness (QED) is 0.660. The highest BCUT2D eigenvalue weighted by Gasteiger charge is 2.39. The average Bonchev–Trinajstić information content (AvgIpc) is 2.94. The summed E-state index contributed by atoms with van der Waals surface area (Å²) < 4.78 is 38.5. The molecule has 6 nitrogen and oxygen atoms in total. The molecule has 0 fully saturated rings. The third-order valence-electron chi connectivity index (χ3n) is 3.99. The van der Waals surface area contributed by atoms with Gasteiger partial charge in [0.1, 0.15) is 0 Å². The maximum Gasteiger partial charge on any atom is 0.453 e. The molecule has 0 radical (unpaired) electrons. The number of hydrogen-bond acceptors (Lipinski definition) is 5. The lowest BCUT2D eigenvalue weighted by molar-refractivity contribution is -0.146. The minimum atomic E-state index is -4.69. The Hall–Kier alpha value is -2.23. The second-order valence-corrected chi connectivity index (χ2v) is 7.02. The molecule has 1 amide bonds. The fourth-order valence-electron chi connectivity index (χ4n) is 2.70. The van der Waals surface area contributed by atoms with Gasteiger partial charge < -0.3 is 10.7 Å². The predicted molar refractivity (Wildman–Crippen MR) is 86.1 cm³/mol. The Kier molecular flexibility index (Phi) is 4.63. The Labute approximate surface area is 146 Å². The minimum Gasteiger partial charge on any atom is -0.337 e. The van der Waals surface area contributed by atoms with Crippen molar-refractivity contribution in [1.82, 2.24) is 19.8 Å². The summed E-state index contributed by atoms with van der Waals surface area (Å²) in [6.45, 7) is 2.68. The van der Waals surface area contributed by atoms with Crippen molar-refractivity contribution in [3.05, 3.63) is 41.2 Å². The Morgan fingerprint density at radius 3 is 2.60 bits per heavy atom. The summed E-state index contributed by atoms with van der Waals surface area (Å²) in [6.07, 6.45) is -3.94. The van der Waals surface area contributed by atoms with E-state index < -0.39 is 17.3 Å². The molecule has 1 aromatic heterocycles. The number of amides is 1. The first-order chi connectivity index (χ1) is 11.8. The Balaban J connectivity index is 1.69. The molecule has 134 valence electrons. The van der Waals surface area contributed by atoms with Crippen LogP contribution in [0.2, 0.25) is 0 Å². The first-order valence-corrected chi connectivity index (χ1v) is 8.45. The van der Waals surface area contributed by atoms with Gasteiger partial charge >= 0.3 is 6.18 Å². The van der Waals surface area contributed by atoms with E-state index in [9.17, 15) is 18.0 Å². The molecule has 0 saturated carbocycles. The SMILES string of the molecule is CC(Sc1nnc(C(F)(F)F)n1N)C(=O)N1CCc2ccccc2C1. The number of rotatable bonds is 3. The van der Waals surface area contributed by atoms with Gasteiger partial charge in [0.2, 0.25) is 11.1 Å². The average molecular weight is 371 g/mol. The second-order valence-electron chi connectivity index (χ2n) is 5.71. The number of halogens is 3. The molecule has 3 rings (SSSR count). The van der Waals surface area contributed by atoms with E-state index in [1.165, 1.54) is 5.56 Å². The molecule has 1 aliphatic rings. The van der Waals surface area contributed by atoms with Crippen molar-refractivity contribution in [1.29, 1.82) is 0 Å². The summed E-state index contributed by atoms with van der Waals surface area (Å²) in [5.74, 6) is 3.94. The lowest BCUT2D eigenvalue weighted by atomic mass is 10.00. The normalized spacial score (nSPS) is 15.8. The monoisotopic (exact) mass is 371 g/mol. The Morgan fingerprint density at radius 2 is 1.96 bits per heavy atom. The summed E-state index contributed by atoms with van der Waals surface area (Å²) >= 11 is 0.863. The van der Waals surface area contributed by atoms with Gasteiger partial charge in [-0.3, -0.25) is 4.79 Å². The Bertz CT molecular complexity index is 792. The zero-order valence-corrected chi connectivity index (χ0v) is 14.1. The molecule has 0 saturated heterocycles. The molecule has 2 heterocycles. The van der Waals surface area contributed by atoms with Crippen molar-refractivity contribution >= 4 is 17.7 Å². The molecule has 1 unspecified atom stereocenters. The van der Waals surface area contributed by atoms with Crippen LogP contribution in [0.3, 0.4) is 0 Å². The summed E-state index contributed by atoms with van der Waals surface area (Å²) in [6, 6.07) is 7.88. The lowest BCUT2D eigenvalue weighted by Crippen LogP contribution is -2.40. The van der Waals surface area contributed by atoms with Crippen molar-refractivity contribution in [3.8, 4) is 0 Å². The van der Waals surface area contributed by atoms with E-state index in [1.54, 1.807) is 11.8 Å². The smallest absolute Gasteiger partial charge is 0.337 e. The van der Waals surface area contributed by atoms with E-state index in [2.05, 4.69) is 10.2 Å². The highest BCUT2D eigenvalue weighted by atomic mass is 32.2. The molecule has 2 aromatic rings. The molecule has 0 aliphatic carbocycles. The van der Waals surface area contributed by atoms with Crippen LogP contribution in [-0.4, -0.2) is 37.5 Å². The Morgan fingerprint density at radius 1 is 1.28 bits per heavy atom. The van der Waals surface area contributed by atoms with Gasteiger partial charge in [0, 0.05) is 13.1 Å². The number of alkyl halides is 3. The van der Waals surface area contributed by atoms with Crippen LogP contribution in [0.4, 0.5) is 13.2 Å². The van der Waals surface area contributed by atoms with Crippen molar-refractivity contribution in [2.75, 3.05) is 12.4 Å². The van der Waals surface area contributed by atoms with Crippen LogP contribution < -0.4 is 5.84 Å². The van der Waals surface area contributed by atoms with Crippen LogP contribution >= 0.6 is 11.8 Å². The van der Waals surface area contributed by atoms with E-state index in [-0.39, 0.29) is 11.1 Å². The number of nitrogen functional groups attached to an aromatic ring is 1. The number of nitrogens with two attached hydrogens (primary N) is 1. The third kappa shape index (κ3) is 3.58. The predicted octanol–water partition coefficient (Wildman–Crippen LogP) is 2.08. The van der Waals surface area contributed by atoms with E-state index in [0.717, 1.165) is 23.7 Å². The highest BCUT2D eigenvalue weighted by Crippen LogP contribution is 2.31. The summed E-state index contributed by atoms with van der Waals surface area (Å²) in [7, 11) is 0. The van der Waals surface area contributed by atoms with Crippen LogP contribution in [0, 0.1) is 0 Å². The summed E-state index contributed by atoms with van der Waals surface area (Å²) in [4.78, 5) is 14.3. The van der Waals surface area contributed by atoms with Gasteiger partial charge in [-0.05, 0) is 24.5 Å². The van der Waals surface area contributed by atoms with E-state index >= 15 is 0 Å². The van der Waals surface area contributed by atoms with Gasteiger partial charge in [-0.2, -0.15) is 13.2 Å². The summed E-state index contributed by atoms with van der Waals surface area (Å²) in [5, 5.41) is 5.73. The van der Waals surface area contributed by atoms with Crippen LogP contribution in [-0.2, 0) is 23.9 Å². The maximum atomic E-state index is 12.7. The number of nitrogens with zero attached hydrogens (tertiary/aromatic N) is 4. The number of aromatic nitrogens is 3.